The molecular formula is C39H37N3O4. The lowest BCUT2D eigenvalue weighted by Crippen LogP contribution is -2.24. The average Bonchev–Trinajstić information content (AvgIpc) is 3.09. The summed E-state index contributed by atoms with van der Waals surface area (Å²) in [7, 11) is 1.29. The van der Waals surface area contributed by atoms with Crippen LogP contribution >= 0.6 is 0 Å². The van der Waals surface area contributed by atoms with Crippen molar-refractivity contribution in [3.8, 4) is 45.7 Å². The van der Waals surface area contributed by atoms with Crippen molar-refractivity contribution < 1.29 is 19.4 Å². The van der Waals surface area contributed by atoms with Crippen LogP contribution in [-0.2, 0) is 9.53 Å². The number of hydrogen-bond acceptors (Lipinski definition) is 7. The number of hydrogen-bond donors (Lipinski definition) is 1. The Morgan fingerprint density at radius 2 is 1.41 bits per heavy atom. The highest BCUT2D eigenvalue weighted by Crippen LogP contribution is 2.33. The summed E-state index contributed by atoms with van der Waals surface area (Å²) in [5, 5.41) is 11.0. The first kappa shape index (κ1) is 33.1. The second-order valence-electron chi connectivity index (χ2n) is 10.1. The molecule has 0 radical (unpaired) electrons. The number of aromatic hydroxyl groups is 1. The first-order valence-corrected chi connectivity index (χ1v) is 14.8. The highest BCUT2D eigenvalue weighted by atomic mass is 16.6. The Morgan fingerprint density at radius 1 is 0.826 bits per heavy atom. The van der Waals surface area contributed by atoms with E-state index in [1.165, 1.54) is 13.2 Å². The van der Waals surface area contributed by atoms with Crippen molar-refractivity contribution in [1.29, 1.82) is 0 Å². The van der Waals surface area contributed by atoms with Crippen molar-refractivity contribution in [2.45, 2.75) is 26.9 Å². The van der Waals surface area contributed by atoms with Gasteiger partial charge in [0.2, 0.25) is 0 Å². The zero-order valence-corrected chi connectivity index (χ0v) is 26.5. The van der Waals surface area contributed by atoms with E-state index < -0.39 is 12.1 Å². The van der Waals surface area contributed by atoms with Crippen LogP contribution in [0, 0.1) is 0 Å². The molecule has 1 heterocycles. The first-order valence-electron chi connectivity index (χ1n) is 14.8. The largest absolute Gasteiger partial charge is 0.507 e. The smallest absolute Gasteiger partial charge is 0.346 e. The number of benzene rings is 3. The fraction of sp³-hybridized carbons (Fsp3) is 0.128. The Hall–Kier alpha value is -5.82. The molecule has 0 saturated heterocycles. The molecule has 7 heteroatoms. The van der Waals surface area contributed by atoms with Gasteiger partial charge in [-0.1, -0.05) is 110 Å². The minimum absolute atomic E-state index is 0.111. The predicted molar refractivity (Wildman–Crippen MR) is 186 cm³/mol. The Balaban J connectivity index is 1.80. The van der Waals surface area contributed by atoms with Crippen molar-refractivity contribution in [2.24, 2.45) is 0 Å². The number of methoxy groups -OCH3 is 1. The molecule has 0 aliphatic carbocycles. The van der Waals surface area contributed by atoms with Gasteiger partial charge in [0.25, 0.3) is 0 Å². The van der Waals surface area contributed by atoms with E-state index in [4.69, 9.17) is 24.4 Å². The summed E-state index contributed by atoms with van der Waals surface area (Å²) in [6, 6.07) is 20.5. The van der Waals surface area contributed by atoms with Gasteiger partial charge in [0.05, 0.1) is 12.7 Å². The van der Waals surface area contributed by atoms with Crippen LogP contribution in [-0.4, -0.2) is 39.2 Å². The number of esters is 1. The van der Waals surface area contributed by atoms with Crippen LogP contribution < -0.4 is 4.74 Å². The maximum atomic E-state index is 11.8. The van der Waals surface area contributed by atoms with Crippen LogP contribution in [0.25, 0.3) is 45.3 Å². The number of rotatable bonds is 12. The third-order valence-electron chi connectivity index (χ3n) is 7.06. The van der Waals surface area contributed by atoms with Gasteiger partial charge in [-0.15, -0.1) is 0 Å². The lowest BCUT2D eigenvalue weighted by Gasteiger charge is -2.14. The van der Waals surface area contributed by atoms with Crippen molar-refractivity contribution >= 4 is 17.1 Å². The molecule has 46 heavy (non-hydrogen) atoms. The van der Waals surface area contributed by atoms with E-state index in [0.717, 1.165) is 33.4 Å². The van der Waals surface area contributed by atoms with Crippen molar-refractivity contribution in [2.75, 3.05) is 7.11 Å². The summed E-state index contributed by atoms with van der Waals surface area (Å²) < 4.78 is 10.4. The van der Waals surface area contributed by atoms with E-state index in [1.54, 1.807) is 25.1 Å². The summed E-state index contributed by atoms with van der Waals surface area (Å²) >= 11 is 0. The lowest BCUT2D eigenvalue weighted by atomic mass is 10.0. The third kappa shape index (κ3) is 8.01. The first-order chi connectivity index (χ1) is 22.3. The van der Waals surface area contributed by atoms with Crippen molar-refractivity contribution in [1.82, 2.24) is 15.0 Å². The summed E-state index contributed by atoms with van der Waals surface area (Å²) in [6.07, 6.45) is 14.6. The fourth-order valence-electron chi connectivity index (χ4n) is 4.58. The highest BCUT2D eigenvalue weighted by Gasteiger charge is 2.18. The molecule has 0 aliphatic rings. The standard InChI is InChI=1S/C39H37N3O4/c1-7-11-13-27(9-3)29-15-19-31(20-16-29)36-40-37(32-21-17-30(18-22-32)28(10-4)14-12-8-2)42-38(41-36)34-24-23-33(25-35(34)43)46-26(5)39(44)45-6/h7-26,43H,1,4H2,2-3,5-6H3/b12-8-,13-11-,27-9+,28-14+. The van der Waals surface area contributed by atoms with Gasteiger partial charge < -0.3 is 14.6 Å². The topological polar surface area (TPSA) is 94.4 Å². The van der Waals surface area contributed by atoms with E-state index in [0.29, 0.717) is 23.0 Å². The van der Waals surface area contributed by atoms with Crippen LogP contribution in [0.5, 0.6) is 11.5 Å². The lowest BCUT2D eigenvalue weighted by molar-refractivity contribution is -0.147. The fourth-order valence-corrected chi connectivity index (χ4v) is 4.58. The zero-order chi connectivity index (χ0) is 33.1. The molecule has 1 N–H and O–H groups in total. The number of nitrogens with zero attached hydrogens (tertiary/aromatic N) is 3. The summed E-state index contributed by atoms with van der Waals surface area (Å²) in [5.41, 5.74) is 6.01. The number of phenols is 1. The van der Waals surface area contributed by atoms with E-state index in [1.807, 2.05) is 105 Å². The SMILES string of the molecule is C=C/C=C\C(=C/C)c1ccc(-c2nc(-c3ccc(/C(C=C)=C/C=C\C)cc3)nc(-c3ccc(OC(C)C(=O)OC)cc3O)n2)cc1. The molecule has 3 aromatic carbocycles. The molecular weight excluding hydrogens is 574 g/mol. The number of carbonyl (C=O) groups excluding carboxylic acids is 1. The van der Waals surface area contributed by atoms with Crippen LogP contribution in [0.15, 0.2) is 128 Å². The normalized spacial score (nSPS) is 12.7. The molecule has 0 fully saturated rings. The van der Waals surface area contributed by atoms with Crippen LogP contribution in [0.3, 0.4) is 0 Å². The average molecular weight is 612 g/mol. The van der Waals surface area contributed by atoms with Crippen LogP contribution in [0.1, 0.15) is 31.9 Å². The van der Waals surface area contributed by atoms with E-state index >= 15 is 0 Å². The third-order valence-corrected chi connectivity index (χ3v) is 7.06. The van der Waals surface area contributed by atoms with Gasteiger partial charge >= 0.3 is 5.97 Å². The van der Waals surface area contributed by atoms with Gasteiger partial charge in [0.1, 0.15) is 11.5 Å². The Morgan fingerprint density at radius 3 is 1.91 bits per heavy atom. The minimum Gasteiger partial charge on any atom is -0.507 e. The highest BCUT2D eigenvalue weighted by molar-refractivity contribution is 5.78. The van der Waals surface area contributed by atoms with E-state index in [-0.39, 0.29) is 11.6 Å². The maximum Gasteiger partial charge on any atom is 0.346 e. The van der Waals surface area contributed by atoms with E-state index in [9.17, 15) is 9.90 Å². The quantitative estimate of drug-likeness (QED) is 0.126. The van der Waals surface area contributed by atoms with Gasteiger partial charge in [0.15, 0.2) is 23.6 Å². The van der Waals surface area contributed by atoms with E-state index in [2.05, 4.69) is 13.2 Å². The Kier molecular flexibility index (Phi) is 11.3. The maximum absolute atomic E-state index is 11.8. The molecule has 0 bridgehead atoms. The number of allylic oxidation sites excluding steroid dienone is 10. The molecule has 1 unspecified atom stereocenters. The number of aromatic nitrogens is 3. The molecule has 1 aromatic heterocycles. The molecule has 4 rings (SSSR count). The summed E-state index contributed by atoms with van der Waals surface area (Å²) in [4.78, 5) is 26.2. The second kappa shape index (κ2) is 15.8. The number of ether oxygens (including phenoxy) is 2. The van der Waals surface area contributed by atoms with Crippen LogP contribution in [0.4, 0.5) is 0 Å². The van der Waals surface area contributed by atoms with Crippen molar-refractivity contribution in [3.63, 3.8) is 0 Å². The van der Waals surface area contributed by atoms with Gasteiger partial charge in [-0.25, -0.2) is 19.7 Å². The monoisotopic (exact) mass is 611 g/mol. The van der Waals surface area contributed by atoms with Gasteiger partial charge in [-0.2, -0.15) is 0 Å². The Labute approximate surface area is 270 Å². The molecule has 7 nitrogen and oxygen atoms in total. The molecule has 0 saturated carbocycles. The van der Waals surface area contributed by atoms with Crippen LogP contribution in [0.2, 0.25) is 0 Å². The number of carbonyl (C=O) groups is 1. The van der Waals surface area contributed by atoms with Gasteiger partial charge in [-0.3, -0.25) is 0 Å². The Bertz CT molecular complexity index is 1830. The molecule has 232 valence electrons. The molecule has 0 amide bonds. The van der Waals surface area contributed by atoms with Gasteiger partial charge in [0, 0.05) is 17.2 Å². The minimum atomic E-state index is -0.846. The molecule has 0 spiro atoms. The summed E-state index contributed by atoms with van der Waals surface area (Å²) in [5.74, 6) is 0.826. The number of phenolic OH excluding ortho intramolecular Hbond substituents is 1. The molecule has 0 aliphatic heterocycles. The summed E-state index contributed by atoms with van der Waals surface area (Å²) in [6.45, 7) is 13.2. The molecule has 4 aromatic rings. The van der Waals surface area contributed by atoms with Crippen molar-refractivity contribution in [3.05, 3.63) is 140 Å². The predicted octanol–water partition coefficient (Wildman–Crippen LogP) is 8.81. The van der Waals surface area contributed by atoms with Gasteiger partial charge in [-0.05, 0) is 55.2 Å². The zero-order valence-electron chi connectivity index (χ0n) is 26.5. The molecule has 1 atom stereocenters. The second-order valence-corrected chi connectivity index (χ2v) is 10.1.